The van der Waals surface area contributed by atoms with Crippen LogP contribution in [0.15, 0.2) is 18.2 Å². The zero-order valence-corrected chi connectivity index (χ0v) is 21.6. The maximum absolute atomic E-state index is 12.9. The molecule has 0 spiro atoms. The van der Waals surface area contributed by atoms with Crippen LogP contribution in [-0.2, 0) is 4.79 Å². The fourth-order valence-corrected chi connectivity index (χ4v) is 8.39. The van der Waals surface area contributed by atoms with E-state index in [2.05, 4.69) is 20.1 Å². The second kappa shape index (κ2) is 9.61. The molecule has 2 aromatic rings. The number of benzene rings is 1. The van der Waals surface area contributed by atoms with Crippen LogP contribution < -0.4 is 10.1 Å². The molecule has 5 aliphatic rings. The van der Waals surface area contributed by atoms with Gasteiger partial charge in [-0.3, -0.25) is 14.6 Å². The number of carbonyl (C=O) groups is 1. The van der Waals surface area contributed by atoms with E-state index in [0.717, 1.165) is 64.9 Å². The summed E-state index contributed by atoms with van der Waals surface area (Å²) in [6, 6.07) is 5.92. The molecule has 2 N–H and O–H groups in total. The van der Waals surface area contributed by atoms with E-state index in [1.807, 2.05) is 25.1 Å². The molecule has 7 rings (SSSR count). The van der Waals surface area contributed by atoms with Gasteiger partial charge in [0.2, 0.25) is 5.91 Å². The van der Waals surface area contributed by atoms with E-state index in [4.69, 9.17) is 4.74 Å². The van der Waals surface area contributed by atoms with Gasteiger partial charge in [-0.05, 0) is 75.3 Å². The van der Waals surface area contributed by atoms with E-state index in [1.54, 1.807) is 11.3 Å². The number of aliphatic hydroxyl groups is 1. The van der Waals surface area contributed by atoms with Crippen molar-refractivity contribution < 1.29 is 14.6 Å². The number of nitrogens with zero attached hydrogens (tertiary/aromatic N) is 3. The van der Waals surface area contributed by atoms with Crippen LogP contribution in [0.3, 0.4) is 0 Å². The minimum atomic E-state index is -0.547. The molecular weight excluding hydrogens is 460 g/mol. The minimum Gasteiger partial charge on any atom is -0.491 e. The van der Waals surface area contributed by atoms with Gasteiger partial charge in [-0.1, -0.05) is 0 Å². The Balaban J connectivity index is 0.919. The molecule has 0 unspecified atom stereocenters. The summed E-state index contributed by atoms with van der Waals surface area (Å²) >= 11 is 1.67. The van der Waals surface area contributed by atoms with Crippen molar-refractivity contribution in [2.45, 2.75) is 57.1 Å². The zero-order valence-electron chi connectivity index (χ0n) is 20.7. The lowest BCUT2D eigenvalue weighted by Gasteiger charge is -2.57. The van der Waals surface area contributed by atoms with Gasteiger partial charge >= 0.3 is 0 Å². The Kier molecular flexibility index (Phi) is 6.50. The summed E-state index contributed by atoms with van der Waals surface area (Å²) < 4.78 is 6.99. The molecule has 7 nitrogen and oxygen atoms in total. The topological polar surface area (TPSA) is 77.9 Å². The van der Waals surface area contributed by atoms with Crippen LogP contribution in [-0.4, -0.2) is 83.3 Å². The van der Waals surface area contributed by atoms with E-state index in [9.17, 15) is 9.90 Å². The molecule has 1 aromatic carbocycles. The quantitative estimate of drug-likeness (QED) is 0.583. The van der Waals surface area contributed by atoms with Gasteiger partial charge in [-0.2, -0.15) is 0 Å². The van der Waals surface area contributed by atoms with Crippen LogP contribution in [0.1, 0.15) is 43.5 Å². The first-order chi connectivity index (χ1) is 16.9. The Labute approximate surface area is 211 Å². The molecule has 1 aromatic heterocycles. The zero-order chi connectivity index (χ0) is 24.0. The molecule has 4 saturated carbocycles. The van der Waals surface area contributed by atoms with Gasteiger partial charge in [-0.15, -0.1) is 11.3 Å². The number of β-amino-alcohol motifs (C(OH)–C–C–N with tert-alkyl or cyclic N) is 1. The van der Waals surface area contributed by atoms with E-state index < -0.39 is 6.10 Å². The number of nitrogens with one attached hydrogen (secondary N) is 1. The van der Waals surface area contributed by atoms with Gasteiger partial charge in [0.05, 0.1) is 21.8 Å². The average molecular weight is 499 g/mol. The predicted molar refractivity (Wildman–Crippen MR) is 138 cm³/mol. The molecule has 1 atom stereocenters. The van der Waals surface area contributed by atoms with Crippen LogP contribution in [0.4, 0.5) is 0 Å². The lowest BCUT2D eigenvalue weighted by Crippen LogP contribution is -2.61. The number of amides is 1. The molecular formula is C27H38N4O3S. The summed E-state index contributed by atoms with van der Waals surface area (Å²) in [5.74, 6) is 3.50. The Morgan fingerprint density at radius 1 is 1.14 bits per heavy atom. The first-order valence-corrected chi connectivity index (χ1v) is 14.2. The number of carbonyl (C=O) groups excluding carboxylic acids is 1. The molecule has 1 amide bonds. The lowest BCUT2D eigenvalue weighted by molar-refractivity contribution is -0.128. The molecule has 190 valence electrons. The number of aryl methyl sites for hydroxylation is 1. The SMILES string of the molecule is Cc1nc2cc(OC[C@H](O)CN3CCN(CC(=O)NC45CC6CC(CC(C6)C4)C5)CC3)ccc2s1. The number of piperazine rings is 1. The summed E-state index contributed by atoms with van der Waals surface area (Å²) in [4.78, 5) is 22.0. The first kappa shape index (κ1) is 23.6. The Bertz CT molecular complexity index is 1030. The highest BCUT2D eigenvalue weighted by Gasteiger charge is 2.51. The highest BCUT2D eigenvalue weighted by Crippen LogP contribution is 2.55. The smallest absolute Gasteiger partial charge is 0.234 e. The van der Waals surface area contributed by atoms with Crippen molar-refractivity contribution in [2.24, 2.45) is 17.8 Å². The molecule has 1 aliphatic heterocycles. The van der Waals surface area contributed by atoms with Gasteiger partial charge in [0.15, 0.2) is 0 Å². The molecule has 2 heterocycles. The normalized spacial score (nSPS) is 31.7. The largest absolute Gasteiger partial charge is 0.491 e. The maximum Gasteiger partial charge on any atom is 0.234 e. The van der Waals surface area contributed by atoms with E-state index >= 15 is 0 Å². The van der Waals surface area contributed by atoms with Crippen molar-refractivity contribution >= 4 is 27.5 Å². The minimum absolute atomic E-state index is 0.0978. The van der Waals surface area contributed by atoms with E-state index in [1.165, 1.54) is 38.5 Å². The number of fused-ring (bicyclic) bond motifs is 1. The number of hydrogen-bond acceptors (Lipinski definition) is 7. The summed E-state index contributed by atoms with van der Waals surface area (Å²) in [5.41, 5.74) is 1.04. The van der Waals surface area contributed by atoms with Crippen LogP contribution in [0.2, 0.25) is 0 Å². The Hall–Kier alpha value is -1.74. The number of aromatic nitrogens is 1. The second-order valence-electron chi connectivity index (χ2n) is 11.7. The fraction of sp³-hybridized carbons (Fsp3) is 0.704. The van der Waals surface area contributed by atoms with Gasteiger partial charge in [0, 0.05) is 44.3 Å². The number of rotatable bonds is 8. The fourth-order valence-electron chi connectivity index (χ4n) is 7.59. The highest BCUT2D eigenvalue weighted by atomic mass is 32.1. The van der Waals surface area contributed by atoms with Gasteiger partial charge in [0.1, 0.15) is 18.5 Å². The summed E-state index contributed by atoms with van der Waals surface area (Å²) in [5, 5.41) is 15.1. The molecule has 35 heavy (non-hydrogen) atoms. The average Bonchev–Trinajstić information content (AvgIpc) is 3.17. The van der Waals surface area contributed by atoms with E-state index in [-0.39, 0.29) is 18.1 Å². The Morgan fingerprint density at radius 2 is 1.80 bits per heavy atom. The van der Waals surface area contributed by atoms with Crippen molar-refractivity contribution in [3.63, 3.8) is 0 Å². The maximum atomic E-state index is 12.9. The van der Waals surface area contributed by atoms with Crippen molar-refractivity contribution in [2.75, 3.05) is 45.9 Å². The van der Waals surface area contributed by atoms with Gasteiger partial charge in [-0.25, -0.2) is 4.98 Å². The standard InChI is InChI=1S/C27H38N4O3S/c1-18-28-24-11-23(2-3-25(24)35-18)34-17-22(32)15-30-4-6-31(7-5-30)16-26(33)29-27-12-19-8-20(13-27)10-21(9-19)14-27/h2-3,11,19-22,32H,4-10,12-17H2,1H3,(H,29,33)/t19?,20?,21?,22-,27?/m1/s1. The third-order valence-corrected chi connectivity index (χ3v) is 9.60. The van der Waals surface area contributed by atoms with Crippen LogP contribution in [0, 0.1) is 24.7 Å². The third kappa shape index (κ3) is 5.36. The molecule has 4 bridgehead atoms. The molecule has 4 aliphatic carbocycles. The molecule has 5 fully saturated rings. The van der Waals surface area contributed by atoms with E-state index in [0.29, 0.717) is 13.1 Å². The Morgan fingerprint density at radius 3 is 2.49 bits per heavy atom. The molecule has 8 heteroatoms. The van der Waals surface area contributed by atoms with Crippen LogP contribution in [0.5, 0.6) is 5.75 Å². The molecule has 0 radical (unpaired) electrons. The number of aliphatic hydroxyl groups excluding tert-OH is 1. The van der Waals surface area contributed by atoms with Crippen molar-refractivity contribution in [3.05, 3.63) is 23.2 Å². The number of hydrogen-bond donors (Lipinski definition) is 2. The lowest BCUT2D eigenvalue weighted by atomic mass is 9.53. The van der Waals surface area contributed by atoms with Gasteiger partial charge in [0.25, 0.3) is 0 Å². The van der Waals surface area contributed by atoms with Crippen molar-refractivity contribution in [1.82, 2.24) is 20.1 Å². The monoisotopic (exact) mass is 498 g/mol. The van der Waals surface area contributed by atoms with Crippen molar-refractivity contribution in [1.29, 1.82) is 0 Å². The predicted octanol–water partition coefficient (Wildman–Crippen LogP) is 3.05. The number of ether oxygens (including phenoxy) is 1. The number of thiazole rings is 1. The first-order valence-electron chi connectivity index (χ1n) is 13.4. The van der Waals surface area contributed by atoms with Gasteiger partial charge < -0.3 is 15.2 Å². The third-order valence-electron chi connectivity index (χ3n) is 8.65. The summed E-state index contributed by atoms with van der Waals surface area (Å²) in [6.45, 7) is 6.82. The van der Waals surface area contributed by atoms with Crippen LogP contribution >= 0.6 is 11.3 Å². The summed E-state index contributed by atoms with van der Waals surface area (Å²) in [6.07, 6.45) is 7.26. The second-order valence-corrected chi connectivity index (χ2v) is 12.9. The van der Waals surface area contributed by atoms with Crippen LogP contribution in [0.25, 0.3) is 10.2 Å². The van der Waals surface area contributed by atoms with Crippen molar-refractivity contribution in [3.8, 4) is 5.75 Å². The summed E-state index contributed by atoms with van der Waals surface area (Å²) in [7, 11) is 0. The highest BCUT2D eigenvalue weighted by molar-refractivity contribution is 7.18. The molecule has 1 saturated heterocycles.